The molecule has 49 heavy (non-hydrogen) atoms. The maximum Gasteiger partial charge on any atom is 0.408 e. The standard InChI is InChI=1S/C38H49N3O8/c1-25-13-17-28(18-14-25)32(33(44)39-31(35(46)48-37(2,3)4)24-26-11-9-8-10-12-26)41(21-22-42)34(45)30(40-36(47)49-38(5,6)7)23-27-15-19-29(43)20-16-27/h8-20,30-32,42-43H,21-24H2,1-7H3,(H,39,44)(H,40,47). The fourth-order valence-corrected chi connectivity index (χ4v) is 5.08. The van der Waals surface area contributed by atoms with E-state index in [-0.39, 0.29) is 25.1 Å². The van der Waals surface area contributed by atoms with Crippen LogP contribution in [0, 0.1) is 6.92 Å². The summed E-state index contributed by atoms with van der Waals surface area (Å²) in [6.07, 6.45) is -0.741. The van der Waals surface area contributed by atoms with Crippen molar-refractivity contribution < 1.29 is 38.9 Å². The van der Waals surface area contributed by atoms with Crippen molar-refractivity contribution in [3.05, 3.63) is 101 Å². The summed E-state index contributed by atoms with van der Waals surface area (Å²) in [7, 11) is 0. The first-order valence-electron chi connectivity index (χ1n) is 16.3. The molecule has 0 spiro atoms. The van der Waals surface area contributed by atoms with Crippen molar-refractivity contribution in [3.8, 4) is 5.75 Å². The Bertz CT molecular complexity index is 1550. The summed E-state index contributed by atoms with van der Waals surface area (Å²) < 4.78 is 11.1. The number of aryl methyl sites for hydroxylation is 1. The van der Waals surface area contributed by atoms with Crippen LogP contribution in [0.3, 0.4) is 0 Å². The number of nitrogens with one attached hydrogen (secondary N) is 2. The summed E-state index contributed by atoms with van der Waals surface area (Å²) in [5, 5.41) is 25.5. The molecule has 11 nitrogen and oxygen atoms in total. The van der Waals surface area contributed by atoms with E-state index in [9.17, 15) is 29.4 Å². The van der Waals surface area contributed by atoms with Crippen molar-refractivity contribution >= 4 is 23.9 Å². The largest absolute Gasteiger partial charge is 0.508 e. The van der Waals surface area contributed by atoms with Gasteiger partial charge in [0.25, 0.3) is 0 Å². The van der Waals surface area contributed by atoms with Gasteiger partial charge < -0.3 is 35.2 Å². The summed E-state index contributed by atoms with van der Waals surface area (Å²) in [6.45, 7) is 11.4. The number of hydrogen-bond donors (Lipinski definition) is 4. The Hall–Kier alpha value is -4.90. The number of aromatic hydroxyl groups is 1. The fraction of sp³-hybridized carbons (Fsp3) is 0.421. The van der Waals surface area contributed by atoms with Gasteiger partial charge in [0.05, 0.1) is 6.61 Å². The molecule has 0 saturated carbocycles. The lowest BCUT2D eigenvalue weighted by Gasteiger charge is -2.35. The number of alkyl carbamates (subject to hydrolysis) is 1. The van der Waals surface area contributed by atoms with E-state index < -0.39 is 59.8 Å². The molecular formula is C38H49N3O8. The second-order valence-electron chi connectivity index (χ2n) is 13.9. The predicted octanol–water partition coefficient (Wildman–Crippen LogP) is 4.77. The van der Waals surface area contributed by atoms with Crippen molar-refractivity contribution in [2.45, 2.75) is 90.6 Å². The van der Waals surface area contributed by atoms with Crippen LogP contribution in [0.4, 0.5) is 4.79 Å². The maximum absolute atomic E-state index is 14.5. The van der Waals surface area contributed by atoms with Gasteiger partial charge in [-0.25, -0.2) is 9.59 Å². The van der Waals surface area contributed by atoms with E-state index in [4.69, 9.17) is 9.47 Å². The van der Waals surface area contributed by atoms with Gasteiger partial charge in [-0.2, -0.15) is 0 Å². The Kier molecular flexibility index (Phi) is 13.3. The third-order valence-electron chi connectivity index (χ3n) is 7.23. The number of amides is 3. The third-order valence-corrected chi connectivity index (χ3v) is 7.23. The highest BCUT2D eigenvalue weighted by Gasteiger charge is 2.38. The number of esters is 1. The number of aliphatic hydroxyl groups excluding tert-OH is 1. The Balaban J connectivity index is 2.07. The molecular weight excluding hydrogens is 626 g/mol. The molecule has 4 N–H and O–H groups in total. The van der Waals surface area contributed by atoms with E-state index in [0.29, 0.717) is 11.1 Å². The zero-order valence-electron chi connectivity index (χ0n) is 29.4. The minimum atomic E-state index is -1.32. The smallest absolute Gasteiger partial charge is 0.408 e. The highest BCUT2D eigenvalue weighted by Crippen LogP contribution is 2.25. The molecule has 0 heterocycles. The van der Waals surface area contributed by atoms with Crippen LogP contribution in [-0.2, 0) is 36.7 Å². The van der Waals surface area contributed by atoms with Crippen LogP contribution in [-0.4, -0.2) is 75.4 Å². The topological polar surface area (TPSA) is 154 Å². The quantitative estimate of drug-likeness (QED) is 0.189. The van der Waals surface area contributed by atoms with E-state index in [1.54, 1.807) is 77.9 Å². The second kappa shape index (κ2) is 17.0. The molecule has 3 aromatic carbocycles. The summed E-state index contributed by atoms with van der Waals surface area (Å²) in [6, 6.07) is 18.6. The molecule has 0 fully saturated rings. The number of ether oxygens (including phenoxy) is 2. The van der Waals surface area contributed by atoms with Crippen molar-refractivity contribution in [3.63, 3.8) is 0 Å². The first-order valence-corrected chi connectivity index (χ1v) is 16.3. The van der Waals surface area contributed by atoms with Crippen LogP contribution < -0.4 is 10.6 Å². The van der Waals surface area contributed by atoms with Gasteiger partial charge in [-0.15, -0.1) is 0 Å². The SMILES string of the molecule is Cc1ccc(C(C(=O)NC(Cc2ccccc2)C(=O)OC(C)(C)C)N(CCO)C(=O)C(Cc2ccc(O)cc2)NC(=O)OC(C)(C)C)cc1. The number of aliphatic hydroxyl groups is 1. The zero-order valence-corrected chi connectivity index (χ0v) is 29.4. The Labute approximate surface area is 288 Å². The summed E-state index contributed by atoms with van der Waals surface area (Å²) in [5.41, 5.74) is 1.04. The lowest BCUT2D eigenvalue weighted by atomic mass is 9.98. The van der Waals surface area contributed by atoms with E-state index >= 15 is 0 Å². The first-order chi connectivity index (χ1) is 23.0. The Morgan fingerprint density at radius 1 is 0.735 bits per heavy atom. The van der Waals surface area contributed by atoms with Crippen LogP contribution in [0.5, 0.6) is 5.75 Å². The second-order valence-corrected chi connectivity index (χ2v) is 13.9. The van der Waals surface area contributed by atoms with E-state index in [1.807, 2.05) is 37.3 Å². The number of carbonyl (C=O) groups is 4. The van der Waals surface area contributed by atoms with E-state index in [0.717, 1.165) is 11.1 Å². The highest BCUT2D eigenvalue weighted by molar-refractivity contribution is 5.94. The molecule has 3 amide bonds. The molecule has 11 heteroatoms. The predicted molar refractivity (Wildman–Crippen MR) is 186 cm³/mol. The average molecular weight is 676 g/mol. The van der Waals surface area contributed by atoms with Gasteiger partial charge in [-0.3, -0.25) is 9.59 Å². The number of hydrogen-bond acceptors (Lipinski definition) is 8. The molecule has 3 unspecified atom stereocenters. The van der Waals surface area contributed by atoms with E-state index in [1.165, 1.54) is 17.0 Å². The third kappa shape index (κ3) is 12.6. The number of benzene rings is 3. The van der Waals surface area contributed by atoms with Gasteiger partial charge in [0.2, 0.25) is 11.8 Å². The van der Waals surface area contributed by atoms with Crippen LogP contribution in [0.25, 0.3) is 0 Å². The molecule has 264 valence electrons. The Morgan fingerprint density at radius 3 is 1.84 bits per heavy atom. The van der Waals surface area contributed by atoms with Crippen molar-refractivity contribution in [1.29, 1.82) is 0 Å². The van der Waals surface area contributed by atoms with Crippen LogP contribution >= 0.6 is 0 Å². The molecule has 0 aliphatic rings. The first kappa shape index (κ1) is 38.5. The molecule has 3 aromatic rings. The number of carbonyl (C=O) groups excluding carboxylic acids is 4. The summed E-state index contributed by atoms with van der Waals surface area (Å²) in [5.74, 6) is -1.98. The fourth-order valence-electron chi connectivity index (χ4n) is 5.08. The molecule has 0 aliphatic heterocycles. The van der Waals surface area contributed by atoms with E-state index in [2.05, 4.69) is 10.6 Å². The van der Waals surface area contributed by atoms with Gasteiger partial charge in [0, 0.05) is 19.4 Å². The summed E-state index contributed by atoms with van der Waals surface area (Å²) >= 11 is 0. The number of nitrogens with zero attached hydrogens (tertiary/aromatic N) is 1. The molecule has 3 atom stereocenters. The molecule has 0 bridgehead atoms. The Morgan fingerprint density at radius 2 is 1.29 bits per heavy atom. The molecule has 0 saturated heterocycles. The monoisotopic (exact) mass is 675 g/mol. The molecule has 3 rings (SSSR count). The van der Waals surface area contributed by atoms with Gasteiger partial charge in [0.15, 0.2) is 0 Å². The van der Waals surface area contributed by atoms with Crippen LogP contribution in [0.1, 0.15) is 69.8 Å². The van der Waals surface area contributed by atoms with Gasteiger partial charge >= 0.3 is 12.1 Å². The van der Waals surface area contributed by atoms with Crippen molar-refractivity contribution in [2.75, 3.05) is 13.2 Å². The minimum Gasteiger partial charge on any atom is -0.508 e. The maximum atomic E-state index is 14.5. The van der Waals surface area contributed by atoms with Gasteiger partial charge in [-0.1, -0.05) is 72.3 Å². The van der Waals surface area contributed by atoms with Crippen LogP contribution in [0.2, 0.25) is 0 Å². The number of rotatable bonds is 13. The van der Waals surface area contributed by atoms with Gasteiger partial charge in [-0.05, 0) is 77.3 Å². The minimum absolute atomic E-state index is 0.0168. The lowest BCUT2D eigenvalue weighted by Crippen LogP contribution is -2.56. The molecule has 0 aliphatic carbocycles. The van der Waals surface area contributed by atoms with Crippen molar-refractivity contribution in [2.24, 2.45) is 0 Å². The number of phenolic OH excluding ortho intramolecular Hbond substituents is 1. The molecule has 0 aromatic heterocycles. The lowest BCUT2D eigenvalue weighted by molar-refractivity contribution is -0.159. The normalized spacial score (nSPS) is 13.4. The van der Waals surface area contributed by atoms with Crippen molar-refractivity contribution in [1.82, 2.24) is 15.5 Å². The van der Waals surface area contributed by atoms with Gasteiger partial charge in [0.1, 0.15) is 35.1 Å². The number of phenols is 1. The summed E-state index contributed by atoms with van der Waals surface area (Å²) in [4.78, 5) is 56.6. The average Bonchev–Trinajstić information content (AvgIpc) is 3.00. The van der Waals surface area contributed by atoms with Crippen LogP contribution in [0.15, 0.2) is 78.9 Å². The molecule has 0 radical (unpaired) electrons. The highest BCUT2D eigenvalue weighted by atomic mass is 16.6. The zero-order chi connectivity index (χ0) is 36.4.